The summed E-state index contributed by atoms with van der Waals surface area (Å²) >= 11 is 6.28. The molecule has 2 rings (SSSR count). The zero-order chi connectivity index (χ0) is 20.2. The molecule has 1 N–H and O–H groups in total. The van der Waals surface area contributed by atoms with Gasteiger partial charge in [0.1, 0.15) is 11.6 Å². The molecule has 0 unspecified atom stereocenters. The fraction of sp³-hybridized carbons (Fsp3) is 0.600. The Morgan fingerprint density at radius 3 is 2.44 bits per heavy atom. The highest BCUT2D eigenvalue weighted by Gasteiger charge is 2.34. The van der Waals surface area contributed by atoms with Crippen molar-refractivity contribution in [2.75, 3.05) is 20.1 Å². The Bertz CT molecular complexity index is 666. The molecule has 150 valence electrons. The molecule has 27 heavy (non-hydrogen) atoms. The van der Waals surface area contributed by atoms with E-state index in [0.717, 1.165) is 5.56 Å². The van der Waals surface area contributed by atoms with Crippen molar-refractivity contribution in [2.24, 2.45) is 0 Å². The highest BCUT2D eigenvalue weighted by Crippen LogP contribution is 2.22. The van der Waals surface area contributed by atoms with Crippen LogP contribution in [-0.2, 0) is 16.0 Å². The first-order chi connectivity index (χ1) is 12.6. The van der Waals surface area contributed by atoms with E-state index in [2.05, 4.69) is 0 Å². The maximum Gasteiger partial charge on any atom is 0.410 e. The van der Waals surface area contributed by atoms with Crippen molar-refractivity contribution in [3.05, 3.63) is 34.9 Å². The molecule has 0 spiro atoms. The number of likely N-dealkylation sites (tertiary alicyclic amines) is 1. The minimum Gasteiger partial charge on any atom is -0.444 e. The number of hydrogen-bond acceptors (Lipinski definition) is 4. The summed E-state index contributed by atoms with van der Waals surface area (Å²) < 4.78 is 5.45. The number of halogens is 1. The van der Waals surface area contributed by atoms with Gasteiger partial charge in [0, 0.05) is 31.6 Å². The van der Waals surface area contributed by atoms with Gasteiger partial charge in [-0.1, -0.05) is 29.8 Å². The summed E-state index contributed by atoms with van der Waals surface area (Å²) in [7, 11) is 1.58. The summed E-state index contributed by atoms with van der Waals surface area (Å²) in [5, 5.41) is 10.3. The van der Waals surface area contributed by atoms with E-state index in [1.165, 1.54) is 4.90 Å². The number of nitrogens with zero attached hydrogens (tertiary/aromatic N) is 2. The first kappa shape index (κ1) is 21.5. The highest BCUT2D eigenvalue weighted by atomic mass is 35.5. The van der Waals surface area contributed by atoms with Crippen LogP contribution in [0.15, 0.2) is 24.3 Å². The SMILES string of the molecule is CN(C(=O)OC(C)(C)C)[C@@H](Cc1ccccc1Cl)C(=O)N1CCC(O)CC1. The molecule has 0 aromatic heterocycles. The molecule has 0 saturated carbocycles. The zero-order valence-corrected chi connectivity index (χ0v) is 17.2. The molecule has 7 heteroatoms. The van der Waals surface area contributed by atoms with E-state index in [-0.39, 0.29) is 12.0 Å². The van der Waals surface area contributed by atoms with Gasteiger partial charge in [-0.15, -0.1) is 0 Å². The molecular weight excluding hydrogens is 368 g/mol. The number of aliphatic hydroxyl groups excluding tert-OH is 1. The first-order valence-corrected chi connectivity index (χ1v) is 9.62. The van der Waals surface area contributed by atoms with Crippen LogP contribution < -0.4 is 0 Å². The standard InChI is InChI=1S/C20H29ClN2O4/c1-20(2,3)27-19(26)22(4)17(13-14-7-5-6-8-16(14)21)18(25)23-11-9-15(24)10-12-23/h5-8,15,17,24H,9-13H2,1-4H3/t17-/m0/s1. The van der Waals surface area contributed by atoms with Crippen LogP contribution >= 0.6 is 11.6 Å². The van der Waals surface area contributed by atoms with Crippen molar-refractivity contribution < 1.29 is 19.4 Å². The Morgan fingerprint density at radius 2 is 1.89 bits per heavy atom. The van der Waals surface area contributed by atoms with E-state index >= 15 is 0 Å². The molecule has 0 aliphatic carbocycles. The second kappa shape index (κ2) is 8.93. The van der Waals surface area contributed by atoms with Crippen LogP contribution in [0.2, 0.25) is 5.02 Å². The molecule has 1 aromatic carbocycles. The number of aliphatic hydroxyl groups is 1. The Kier molecular flexibility index (Phi) is 7.12. The van der Waals surface area contributed by atoms with Crippen molar-refractivity contribution in [3.8, 4) is 0 Å². The van der Waals surface area contributed by atoms with Gasteiger partial charge in [0.2, 0.25) is 5.91 Å². The van der Waals surface area contributed by atoms with Crippen LogP contribution in [0.1, 0.15) is 39.2 Å². The number of carbonyl (C=O) groups excluding carboxylic acids is 2. The van der Waals surface area contributed by atoms with Crippen LogP contribution in [0.25, 0.3) is 0 Å². The number of carbonyl (C=O) groups is 2. The summed E-state index contributed by atoms with van der Waals surface area (Å²) in [5.74, 6) is -0.157. The second-order valence-corrected chi connectivity index (χ2v) is 8.37. The van der Waals surface area contributed by atoms with Gasteiger partial charge in [-0.05, 0) is 45.2 Å². The van der Waals surface area contributed by atoms with Gasteiger partial charge < -0.3 is 14.7 Å². The maximum absolute atomic E-state index is 13.2. The number of likely N-dealkylation sites (N-methyl/N-ethyl adjacent to an activating group) is 1. The lowest BCUT2D eigenvalue weighted by Gasteiger charge is -2.36. The average Bonchev–Trinajstić information content (AvgIpc) is 2.59. The second-order valence-electron chi connectivity index (χ2n) is 7.96. The Morgan fingerprint density at radius 1 is 1.30 bits per heavy atom. The van der Waals surface area contributed by atoms with E-state index < -0.39 is 17.7 Å². The van der Waals surface area contributed by atoms with Gasteiger partial charge in [-0.25, -0.2) is 4.79 Å². The van der Waals surface area contributed by atoms with E-state index in [0.29, 0.717) is 37.4 Å². The quantitative estimate of drug-likeness (QED) is 0.848. The monoisotopic (exact) mass is 396 g/mol. The van der Waals surface area contributed by atoms with Crippen LogP contribution in [0, 0.1) is 0 Å². The summed E-state index contributed by atoms with van der Waals surface area (Å²) in [6.07, 6.45) is 0.457. The lowest BCUT2D eigenvalue weighted by Crippen LogP contribution is -2.53. The van der Waals surface area contributed by atoms with Crippen molar-refractivity contribution in [1.82, 2.24) is 9.80 Å². The van der Waals surface area contributed by atoms with Gasteiger partial charge in [-0.2, -0.15) is 0 Å². The summed E-state index contributed by atoms with van der Waals surface area (Å²) in [6.45, 7) is 6.31. The molecule has 1 aliphatic rings. The van der Waals surface area contributed by atoms with Crippen molar-refractivity contribution in [3.63, 3.8) is 0 Å². The normalized spacial score (nSPS) is 16.7. The third-order valence-corrected chi connectivity index (χ3v) is 4.95. The third-order valence-electron chi connectivity index (χ3n) is 4.58. The average molecular weight is 397 g/mol. The molecule has 2 amide bonds. The number of piperidine rings is 1. The summed E-state index contributed by atoms with van der Waals surface area (Å²) in [4.78, 5) is 28.8. The lowest BCUT2D eigenvalue weighted by atomic mass is 10.0. The minimum atomic E-state index is -0.727. The summed E-state index contributed by atoms with van der Waals surface area (Å²) in [6, 6.07) is 6.57. The molecule has 1 aromatic rings. The first-order valence-electron chi connectivity index (χ1n) is 9.24. The van der Waals surface area contributed by atoms with Gasteiger partial charge in [0.15, 0.2) is 0 Å². The maximum atomic E-state index is 13.2. The van der Waals surface area contributed by atoms with E-state index in [4.69, 9.17) is 16.3 Å². The van der Waals surface area contributed by atoms with E-state index in [1.807, 2.05) is 18.2 Å². The number of amides is 2. The molecular formula is C20H29ClN2O4. The number of ether oxygens (including phenoxy) is 1. The van der Waals surface area contributed by atoms with Crippen LogP contribution in [0.4, 0.5) is 4.79 Å². The molecule has 1 atom stereocenters. The molecule has 0 radical (unpaired) electrons. The van der Waals surface area contributed by atoms with E-state index in [1.54, 1.807) is 38.8 Å². The Labute approximate surface area is 166 Å². The molecule has 0 bridgehead atoms. The topological polar surface area (TPSA) is 70.1 Å². The van der Waals surface area contributed by atoms with Crippen molar-refractivity contribution in [1.29, 1.82) is 0 Å². The van der Waals surface area contributed by atoms with E-state index in [9.17, 15) is 14.7 Å². The number of rotatable bonds is 4. The predicted octanol–water partition coefficient (Wildman–Crippen LogP) is 3.10. The van der Waals surface area contributed by atoms with Crippen LogP contribution in [-0.4, -0.2) is 64.8 Å². The largest absolute Gasteiger partial charge is 0.444 e. The van der Waals surface area contributed by atoms with Gasteiger partial charge in [0.05, 0.1) is 6.10 Å². The third kappa shape index (κ3) is 6.11. The number of benzene rings is 1. The molecule has 1 aliphatic heterocycles. The fourth-order valence-electron chi connectivity index (χ4n) is 3.02. The molecule has 1 fully saturated rings. The van der Waals surface area contributed by atoms with Crippen LogP contribution in [0.3, 0.4) is 0 Å². The molecule has 1 saturated heterocycles. The van der Waals surface area contributed by atoms with Crippen molar-refractivity contribution >= 4 is 23.6 Å². The van der Waals surface area contributed by atoms with Gasteiger partial charge in [0.25, 0.3) is 0 Å². The van der Waals surface area contributed by atoms with Gasteiger partial charge >= 0.3 is 6.09 Å². The predicted molar refractivity (Wildman–Crippen MR) is 105 cm³/mol. The zero-order valence-electron chi connectivity index (χ0n) is 16.4. The van der Waals surface area contributed by atoms with Crippen molar-refractivity contribution in [2.45, 2.75) is 57.8 Å². The van der Waals surface area contributed by atoms with Gasteiger partial charge in [-0.3, -0.25) is 9.69 Å². The summed E-state index contributed by atoms with van der Waals surface area (Å²) in [5.41, 5.74) is 0.142. The number of hydrogen-bond donors (Lipinski definition) is 1. The highest BCUT2D eigenvalue weighted by molar-refractivity contribution is 6.31. The van der Waals surface area contributed by atoms with Crippen LogP contribution in [0.5, 0.6) is 0 Å². The Balaban J connectivity index is 2.23. The fourth-order valence-corrected chi connectivity index (χ4v) is 3.23. The Hall–Kier alpha value is -1.79. The lowest BCUT2D eigenvalue weighted by molar-refractivity contribution is -0.138. The smallest absolute Gasteiger partial charge is 0.410 e. The minimum absolute atomic E-state index is 0.157. The molecule has 6 nitrogen and oxygen atoms in total. The molecule has 1 heterocycles.